The lowest BCUT2D eigenvalue weighted by atomic mass is 10.1. The van der Waals surface area contributed by atoms with Gasteiger partial charge in [0.05, 0.1) is 6.26 Å². The molecule has 0 radical (unpaired) electrons. The number of nitrogens with zero attached hydrogens (tertiary/aromatic N) is 4. The average molecular weight is 202 g/mol. The van der Waals surface area contributed by atoms with E-state index in [0.717, 1.165) is 17.9 Å². The second-order valence-electron chi connectivity index (χ2n) is 3.59. The number of aliphatic imine (C=N–C) groups is 1. The molecule has 1 atom stereocenters. The summed E-state index contributed by atoms with van der Waals surface area (Å²) in [6, 6.07) is 3.93. The average Bonchev–Trinajstić information content (AvgIpc) is 2.86. The van der Waals surface area contributed by atoms with E-state index in [1.54, 1.807) is 10.9 Å². The van der Waals surface area contributed by atoms with E-state index in [9.17, 15) is 0 Å². The fourth-order valence-corrected chi connectivity index (χ4v) is 1.83. The van der Waals surface area contributed by atoms with Crippen molar-refractivity contribution in [2.45, 2.75) is 19.4 Å². The first kappa shape index (κ1) is 8.40. The summed E-state index contributed by atoms with van der Waals surface area (Å²) >= 11 is 0. The quantitative estimate of drug-likeness (QED) is 0.710. The Morgan fingerprint density at radius 1 is 1.53 bits per heavy atom. The molecule has 5 nitrogen and oxygen atoms in total. The van der Waals surface area contributed by atoms with Crippen LogP contribution in [0.5, 0.6) is 0 Å². The molecule has 0 N–H and O–H groups in total. The number of hydrogen-bond donors (Lipinski definition) is 0. The van der Waals surface area contributed by atoms with Crippen molar-refractivity contribution in [3.05, 3.63) is 30.5 Å². The second kappa shape index (κ2) is 3.05. The van der Waals surface area contributed by atoms with Gasteiger partial charge in [-0.25, -0.2) is 9.67 Å². The summed E-state index contributed by atoms with van der Waals surface area (Å²) in [4.78, 5) is 8.42. The van der Waals surface area contributed by atoms with Gasteiger partial charge in [-0.15, -0.1) is 0 Å². The van der Waals surface area contributed by atoms with E-state index < -0.39 is 0 Å². The number of furan rings is 1. The molecule has 0 amide bonds. The molecule has 0 saturated heterocycles. The van der Waals surface area contributed by atoms with E-state index >= 15 is 0 Å². The highest BCUT2D eigenvalue weighted by atomic mass is 16.3. The lowest BCUT2D eigenvalue weighted by molar-refractivity contribution is 0.409. The Morgan fingerprint density at radius 3 is 3.27 bits per heavy atom. The maximum atomic E-state index is 5.40. The van der Waals surface area contributed by atoms with Crippen LogP contribution in [0.3, 0.4) is 0 Å². The molecule has 76 valence electrons. The Morgan fingerprint density at radius 2 is 2.47 bits per heavy atom. The molecular formula is C10H10N4O. The van der Waals surface area contributed by atoms with Gasteiger partial charge in [0, 0.05) is 12.1 Å². The van der Waals surface area contributed by atoms with Crippen LogP contribution in [-0.4, -0.2) is 20.5 Å². The molecule has 0 aromatic carbocycles. The van der Waals surface area contributed by atoms with Crippen molar-refractivity contribution in [1.29, 1.82) is 0 Å². The largest absolute Gasteiger partial charge is 0.467 e. The van der Waals surface area contributed by atoms with Gasteiger partial charge in [-0.1, -0.05) is 0 Å². The van der Waals surface area contributed by atoms with Gasteiger partial charge in [0.2, 0.25) is 5.95 Å². The molecule has 0 spiro atoms. The van der Waals surface area contributed by atoms with Crippen molar-refractivity contribution in [1.82, 2.24) is 14.8 Å². The Hall–Kier alpha value is -1.91. The van der Waals surface area contributed by atoms with Gasteiger partial charge in [-0.2, -0.15) is 10.1 Å². The van der Waals surface area contributed by atoms with Crippen LogP contribution < -0.4 is 0 Å². The highest BCUT2D eigenvalue weighted by Gasteiger charge is 2.25. The highest BCUT2D eigenvalue weighted by Crippen LogP contribution is 2.29. The van der Waals surface area contributed by atoms with Crippen LogP contribution in [0.4, 0.5) is 5.95 Å². The summed E-state index contributed by atoms with van der Waals surface area (Å²) in [7, 11) is 0. The molecule has 0 fully saturated rings. The Balaban J connectivity index is 2.10. The molecule has 0 bridgehead atoms. The van der Waals surface area contributed by atoms with Crippen molar-refractivity contribution < 1.29 is 4.42 Å². The molecule has 1 aliphatic rings. The third-order valence-corrected chi connectivity index (χ3v) is 2.50. The minimum atomic E-state index is 0.0926. The first-order valence-corrected chi connectivity index (χ1v) is 4.81. The minimum Gasteiger partial charge on any atom is -0.467 e. The molecule has 2 aromatic rings. The Bertz CT molecular complexity index is 497. The van der Waals surface area contributed by atoms with Crippen LogP contribution in [0.2, 0.25) is 0 Å². The number of rotatable bonds is 1. The zero-order valence-corrected chi connectivity index (χ0v) is 8.29. The smallest absolute Gasteiger partial charge is 0.248 e. The zero-order chi connectivity index (χ0) is 10.3. The summed E-state index contributed by atoms with van der Waals surface area (Å²) < 4.78 is 7.20. The van der Waals surface area contributed by atoms with E-state index in [1.165, 1.54) is 6.33 Å². The fourth-order valence-electron chi connectivity index (χ4n) is 1.83. The van der Waals surface area contributed by atoms with Crippen molar-refractivity contribution >= 4 is 11.7 Å². The molecule has 3 heterocycles. The van der Waals surface area contributed by atoms with Crippen molar-refractivity contribution in [2.24, 2.45) is 4.99 Å². The monoisotopic (exact) mass is 202 g/mol. The topological polar surface area (TPSA) is 56.2 Å². The van der Waals surface area contributed by atoms with Crippen LogP contribution in [0.25, 0.3) is 0 Å². The van der Waals surface area contributed by atoms with Gasteiger partial charge in [0.1, 0.15) is 18.1 Å². The molecule has 5 heteroatoms. The van der Waals surface area contributed by atoms with Crippen LogP contribution >= 0.6 is 0 Å². The summed E-state index contributed by atoms with van der Waals surface area (Å²) in [6.45, 7) is 1.99. The molecule has 15 heavy (non-hydrogen) atoms. The number of hydrogen-bond acceptors (Lipinski definition) is 4. The molecular weight excluding hydrogens is 192 g/mol. The van der Waals surface area contributed by atoms with Crippen molar-refractivity contribution in [3.8, 4) is 0 Å². The summed E-state index contributed by atoms with van der Waals surface area (Å²) in [5, 5.41) is 4.17. The molecule has 1 aliphatic heterocycles. The molecule has 0 aliphatic carbocycles. The molecule has 1 unspecified atom stereocenters. The van der Waals surface area contributed by atoms with Gasteiger partial charge < -0.3 is 4.42 Å². The zero-order valence-electron chi connectivity index (χ0n) is 8.29. The van der Waals surface area contributed by atoms with Crippen LogP contribution in [0, 0.1) is 0 Å². The maximum Gasteiger partial charge on any atom is 0.248 e. The normalized spacial score (nSPS) is 19.8. The third kappa shape index (κ3) is 1.27. The minimum absolute atomic E-state index is 0.0926. The van der Waals surface area contributed by atoms with E-state index in [0.29, 0.717) is 5.95 Å². The predicted octanol–water partition coefficient (Wildman–Crippen LogP) is 1.96. The van der Waals surface area contributed by atoms with Crippen molar-refractivity contribution in [2.75, 3.05) is 0 Å². The molecule has 3 rings (SSSR count). The fraction of sp³-hybridized carbons (Fsp3) is 0.300. The van der Waals surface area contributed by atoms with Crippen LogP contribution in [0.1, 0.15) is 25.1 Å². The molecule has 0 saturated carbocycles. The first-order valence-electron chi connectivity index (χ1n) is 4.81. The van der Waals surface area contributed by atoms with E-state index in [2.05, 4.69) is 15.1 Å². The first-order chi connectivity index (χ1) is 7.34. The summed E-state index contributed by atoms with van der Waals surface area (Å²) in [5.74, 6) is 1.55. The number of fused-ring (bicyclic) bond motifs is 1. The van der Waals surface area contributed by atoms with Crippen molar-refractivity contribution in [3.63, 3.8) is 0 Å². The second-order valence-corrected chi connectivity index (χ2v) is 3.59. The van der Waals surface area contributed by atoms with Gasteiger partial charge in [-0.3, -0.25) is 0 Å². The lowest BCUT2D eigenvalue weighted by Crippen LogP contribution is -2.18. The summed E-state index contributed by atoms with van der Waals surface area (Å²) in [6.07, 6.45) is 4.02. The maximum absolute atomic E-state index is 5.40. The standard InChI is InChI=1S/C10H10N4O/c1-7-5-8(9-3-2-4-15-9)14-10(13-7)11-6-12-14/h2-4,6,8H,5H2,1H3. The highest BCUT2D eigenvalue weighted by molar-refractivity contribution is 5.85. The SMILES string of the molecule is CC1=Nc2ncnn2C(c2ccco2)C1. The van der Waals surface area contributed by atoms with Gasteiger partial charge in [-0.05, 0) is 19.1 Å². The summed E-state index contributed by atoms with van der Waals surface area (Å²) in [5.41, 5.74) is 1.05. The van der Waals surface area contributed by atoms with Gasteiger partial charge >= 0.3 is 0 Å². The van der Waals surface area contributed by atoms with Gasteiger partial charge in [0.15, 0.2) is 0 Å². The van der Waals surface area contributed by atoms with Crippen LogP contribution in [0.15, 0.2) is 34.1 Å². The lowest BCUT2D eigenvalue weighted by Gasteiger charge is -2.19. The number of aromatic nitrogens is 3. The van der Waals surface area contributed by atoms with E-state index in [1.807, 2.05) is 19.1 Å². The predicted molar refractivity (Wildman–Crippen MR) is 54.3 cm³/mol. The van der Waals surface area contributed by atoms with E-state index in [-0.39, 0.29) is 6.04 Å². The Kier molecular flexibility index (Phi) is 1.71. The van der Waals surface area contributed by atoms with E-state index in [4.69, 9.17) is 4.42 Å². The van der Waals surface area contributed by atoms with Gasteiger partial charge in [0.25, 0.3) is 0 Å². The van der Waals surface area contributed by atoms with Crippen LogP contribution in [-0.2, 0) is 0 Å². The third-order valence-electron chi connectivity index (χ3n) is 2.50. The molecule has 2 aromatic heterocycles. The Labute approximate surface area is 86.5 Å².